The van der Waals surface area contributed by atoms with Gasteiger partial charge >= 0.3 is 0 Å². The lowest BCUT2D eigenvalue weighted by Gasteiger charge is -1.99. The second kappa shape index (κ2) is 5.80. The number of fused-ring (bicyclic) bond motifs is 1. The Morgan fingerprint density at radius 1 is 1.09 bits per heavy atom. The maximum Gasteiger partial charge on any atom is 0.223 e. The van der Waals surface area contributed by atoms with E-state index >= 15 is 0 Å². The number of aryl methyl sites for hydroxylation is 1. The third kappa shape index (κ3) is 3.13. The third-order valence-electron chi connectivity index (χ3n) is 3.33. The molecule has 2 heterocycles. The van der Waals surface area contributed by atoms with E-state index < -0.39 is 0 Å². The van der Waals surface area contributed by atoms with Crippen LogP contribution in [-0.2, 0) is 0 Å². The monoisotopic (exact) mass is 307 g/mol. The van der Waals surface area contributed by atoms with Gasteiger partial charge in [-0.1, -0.05) is 18.2 Å². The maximum atomic E-state index is 5.61. The Balaban J connectivity index is 1.92. The molecule has 0 amide bonds. The Kier molecular flexibility index (Phi) is 3.68. The molecule has 6 N–H and O–H groups in total. The second-order valence-electron chi connectivity index (χ2n) is 5.10. The van der Waals surface area contributed by atoms with Gasteiger partial charge in [0.25, 0.3) is 0 Å². The summed E-state index contributed by atoms with van der Waals surface area (Å²) in [4.78, 5) is 12.4. The number of pyridine rings is 1. The summed E-state index contributed by atoms with van der Waals surface area (Å²) in [6, 6.07) is 11.6. The highest BCUT2D eigenvalue weighted by molar-refractivity contribution is 5.93. The van der Waals surface area contributed by atoms with Crippen molar-refractivity contribution in [3.8, 4) is 11.3 Å². The fourth-order valence-corrected chi connectivity index (χ4v) is 2.29. The molecule has 0 aliphatic carbocycles. The van der Waals surface area contributed by atoms with E-state index in [1.807, 2.05) is 60.1 Å². The minimum absolute atomic E-state index is 0.0149. The molecule has 0 saturated heterocycles. The van der Waals surface area contributed by atoms with Crippen LogP contribution in [0.25, 0.3) is 16.9 Å². The molecule has 0 aliphatic rings. The van der Waals surface area contributed by atoms with Crippen molar-refractivity contribution in [1.29, 1.82) is 0 Å². The zero-order chi connectivity index (χ0) is 16.4. The maximum absolute atomic E-state index is 5.61. The van der Waals surface area contributed by atoms with E-state index in [9.17, 15) is 0 Å². The van der Waals surface area contributed by atoms with Gasteiger partial charge in [0.1, 0.15) is 5.65 Å². The molecule has 7 nitrogen and oxygen atoms in total. The topological polar surface area (TPSA) is 120 Å². The normalized spacial score (nSPS) is 11.6. The highest BCUT2D eigenvalue weighted by Crippen LogP contribution is 2.23. The van der Waals surface area contributed by atoms with Gasteiger partial charge in [0.2, 0.25) is 5.96 Å². The van der Waals surface area contributed by atoms with Gasteiger partial charge in [0.05, 0.1) is 11.4 Å². The number of benzene rings is 1. The van der Waals surface area contributed by atoms with Crippen LogP contribution in [0.2, 0.25) is 0 Å². The Morgan fingerprint density at radius 2 is 1.83 bits per heavy atom. The van der Waals surface area contributed by atoms with E-state index in [-0.39, 0.29) is 11.9 Å². The Hall–Kier alpha value is -3.35. The Bertz CT molecular complexity index is 900. The quantitative estimate of drug-likeness (QED) is 0.491. The fraction of sp³-hybridized carbons (Fsp3) is 0.0625. The minimum atomic E-state index is -0.122. The zero-order valence-electron chi connectivity index (χ0n) is 12.6. The molecule has 0 fully saturated rings. The molecule has 0 radical (unpaired) electrons. The molecule has 7 heteroatoms. The van der Waals surface area contributed by atoms with Crippen LogP contribution in [0.15, 0.2) is 58.8 Å². The summed E-state index contributed by atoms with van der Waals surface area (Å²) in [5.74, 6) is -0.107. The predicted molar refractivity (Wildman–Crippen MR) is 92.5 cm³/mol. The van der Waals surface area contributed by atoms with E-state index in [2.05, 4.69) is 15.0 Å². The van der Waals surface area contributed by atoms with Crippen molar-refractivity contribution >= 4 is 23.3 Å². The van der Waals surface area contributed by atoms with Crippen molar-refractivity contribution < 1.29 is 0 Å². The molecule has 0 saturated carbocycles. The molecule has 0 atom stereocenters. The van der Waals surface area contributed by atoms with Crippen molar-refractivity contribution in [2.45, 2.75) is 6.92 Å². The molecule has 3 rings (SSSR count). The molecule has 23 heavy (non-hydrogen) atoms. The summed E-state index contributed by atoms with van der Waals surface area (Å²) < 4.78 is 2.01. The van der Waals surface area contributed by atoms with Crippen molar-refractivity contribution in [1.82, 2.24) is 9.38 Å². The SMILES string of the molecule is Cc1cccn2cc(-c3ccc(N=C(N)N=C(N)N)cc3)nc12. The molecule has 0 unspecified atom stereocenters. The molecule has 0 aliphatic heterocycles. The number of nitrogens with two attached hydrogens (primary N) is 3. The van der Waals surface area contributed by atoms with Gasteiger partial charge in [0.15, 0.2) is 5.96 Å². The van der Waals surface area contributed by atoms with Gasteiger partial charge in [-0.05, 0) is 30.7 Å². The lowest BCUT2D eigenvalue weighted by molar-refractivity contribution is 1.16. The lowest BCUT2D eigenvalue weighted by Crippen LogP contribution is -2.26. The van der Waals surface area contributed by atoms with Crippen LogP contribution in [0.1, 0.15) is 5.56 Å². The molecule has 0 spiro atoms. The minimum Gasteiger partial charge on any atom is -0.370 e. The lowest BCUT2D eigenvalue weighted by atomic mass is 10.1. The van der Waals surface area contributed by atoms with Crippen LogP contribution < -0.4 is 17.2 Å². The molecule has 2 aromatic heterocycles. The summed E-state index contributed by atoms with van der Waals surface area (Å²) in [5, 5.41) is 0. The summed E-state index contributed by atoms with van der Waals surface area (Å²) in [5.41, 5.74) is 20.7. The van der Waals surface area contributed by atoms with Crippen molar-refractivity contribution in [3.63, 3.8) is 0 Å². The van der Waals surface area contributed by atoms with E-state index in [1.165, 1.54) is 0 Å². The number of guanidine groups is 2. The first-order chi connectivity index (χ1) is 11.0. The molecule has 3 aromatic rings. The standard InChI is InChI=1S/C16H17N7/c1-10-3-2-8-23-9-13(21-14(10)23)11-4-6-12(7-5-11)20-16(19)22-15(17)18/h2-9H,1H3,(H6,17,18,19,20,22). The van der Waals surface area contributed by atoms with Gasteiger partial charge in [-0.2, -0.15) is 4.99 Å². The smallest absolute Gasteiger partial charge is 0.223 e. The van der Waals surface area contributed by atoms with Gasteiger partial charge in [0, 0.05) is 18.0 Å². The molecule has 1 aromatic carbocycles. The van der Waals surface area contributed by atoms with Crippen LogP contribution in [0, 0.1) is 6.92 Å². The van der Waals surface area contributed by atoms with Crippen LogP contribution >= 0.6 is 0 Å². The number of imidazole rings is 1. The number of hydrogen-bond acceptors (Lipinski definition) is 2. The molecule has 0 bridgehead atoms. The van der Waals surface area contributed by atoms with Crippen molar-refractivity contribution in [3.05, 3.63) is 54.4 Å². The van der Waals surface area contributed by atoms with Crippen LogP contribution in [0.5, 0.6) is 0 Å². The second-order valence-corrected chi connectivity index (χ2v) is 5.10. The molecule has 116 valence electrons. The van der Waals surface area contributed by atoms with E-state index in [1.54, 1.807) is 0 Å². The average Bonchev–Trinajstić information content (AvgIpc) is 2.92. The van der Waals surface area contributed by atoms with Gasteiger partial charge in [-0.3, -0.25) is 0 Å². The highest BCUT2D eigenvalue weighted by atomic mass is 15.1. The molecular formula is C16H17N7. The Morgan fingerprint density at radius 3 is 2.48 bits per heavy atom. The van der Waals surface area contributed by atoms with Crippen LogP contribution in [-0.4, -0.2) is 21.3 Å². The van der Waals surface area contributed by atoms with Gasteiger partial charge in [-0.25, -0.2) is 9.98 Å². The van der Waals surface area contributed by atoms with Crippen molar-refractivity contribution in [2.75, 3.05) is 0 Å². The van der Waals surface area contributed by atoms with Gasteiger partial charge < -0.3 is 21.6 Å². The van der Waals surface area contributed by atoms with Crippen LogP contribution in [0.3, 0.4) is 0 Å². The number of rotatable bonds is 2. The summed E-state index contributed by atoms with van der Waals surface area (Å²) in [7, 11) is 0. The van der Waals surface area contributed by atoms with Crippen LogP contribution in [0.4, 0.5) is 5.69 Å². The van der Waals surface area contributed by atoms with E-state index in [4.69, 9.17) is 17.2 Å². The number of nitrogens with zero attached hydrogens (tertiary/aromatic N) is 4. The predicted octanol–water partition coefficient (Wildman–Crippen LogP) is 1.53. The number of hydrogen-bond donors (Lipinski definition) is 3. The van der Waals surface area contributed by atoms with Crippen molar-refractivity contribution in [2.24, 2.45) is 27.2 Å². The molecular weight excluding hydrogens is 290 g/mol. The van der Waals surface area contributed by atoms with E-state index in [0.29, 0.717) is 5.69 Å². The summed E-state index contributed by atoms with van der Waals surface area (Å²) >= 11 is 0. The van der Waals surface area contributed by atoms with Gasteiger partial charge in [-0.15, -0.1) is 0 Å². The number of aromatic nitrogens is 2. The van der Waals surface area contributed by atoms with E-state index in [0.717, 1.165) is 22.5 Å². The average molecular weight is 307 g/mol. The Labute approximate surface area is 133 Å². The number of aliphatic imine (C=N–C) groups is 2. The highest BCUT2D eigenvalue weighted by Gasteiger charge is 2.06. The first kappa shape index (κ1) is 14.6. The summed E-state index contributed by atoms with van der Waals surface area (Å²) in [6.07, 6.45) is 3.97. The first-order valence-corrected chi connectivity index (χ1v) is 7.01. The fourth-order valence-electron chi connectivity index (χ4n) is 2.29. The third-order valence-corrected chi connectivity index (χ3v) is 3.33. The largest absolute Gasteiger partial charge is 0.370 e. The zero-order valence-corrected chi connectivity index (χ0v) is 12.6. The first-order valence-electron chi connectivity index (χ1n) is 7.01. The summed E-state index contributed by atoms with van der Waals surface area (Å²) in [6.45, 7) is 2.04.